The first-order valence-electron chi connectivity index (χ1n) is 10.2. The number of phenolic OH excluding ortho intramolecular Hbond substituents is 1. The number of rotatable bonds is 13. The van der Waals surface area contributed by atoms with Crippen molar-refractivity contribution in [2.45, 2.75) is 12.8 Å². The van der Waals surface area contributed by atoms with Gasteiger partial charge >= 0.3 is 0 Å². The monoisotopic (exact) mass is 436 g/mol. The Morgan fingerprint density at radius 3 is 1.74 bits per heavy atom. The molecule has 0 spiro atoms. The van der Waals surface area contributed by atoms with E-state index < -0.39 is 11.8 Å². The fourth-order valence-electron chi connectivity index (χ4n) is 3.04. The second-order valence-electron chi connectivity index (χ2n) is 7.80. The number of nitrogens with two attached hydrogens (primary N) is 1. The van der Waals surface area contributed by atoms with Crippen molar-refractivity contribution >= 4 is 17.9 Å². The predicted molar refractivity (Wildman–Crippen MR) is 121 cm³/mol. The third-order valence-electron chi connectivity index (χ3n) is 4.66. The lowest BCUT2D eigenvalue weighted by Gasteiger charge is -2.25. The van der Waals surface area contributed by atoms with Crippen molar-refractivity contribution in [1.29, 1.82) is 0 Å². The molecule has 0 aliphatic rings. The summed E-state index contributed by atoms with van der Waals surface area (Å²) < 4.78 is 10.3. The van der Waals surface area contributed by atoms with E-state index in [-0.39, 0.29) is 22.8 Å². The fourth-order valence-corrected chi connectivity index (χ4v) is 3.04. The van der Waals surface area contributed by atoms with E-state index in [1.807, 2.05) is 38.0 Å². The van der Waals surface area contributed by atoms with Gasteiger partial charge in [-0.25, -0.2) is 0 Å². The second-order valence-corrected chi connectivity index (χ2v) is 7.80. The Morgan fingerprint density at radius 2 is 1.39 bits per heavy atom. The minimum absolute atomic E-state index is 0.135. The van der Waals surface area contributed by atoms with Gasteiger partial charge in [0.15, 0.2) is 11.5 Å². The van der Waals surface area contributed by atoms with Crippen LogP contribution in [0.2, 0.25) is 0 Å². The Kier molecular flexibility index (Phi) is 10.8. The molecule has 1 rings (SSSR count). The Hall–Kier alpha value is -2.78. The molecule has 174 valence electrons. The van der Waals surface area contributed by atoms with Gasteiger partial charge in [-0.2, -0.15) is 0 Å². The quantitative estimate of drug-likeness (QED) is 0.270. The van der Waals surface area contributed by atoms with Crippen molar-refractivity contribution in [2.24, 2.45) is 5.73 Å². The zero-order chi connectivity index (χ0) is 23.6. The Labute approximate surface area is 185 Å². The molecule has 1 aromatic rings. The number of benzene rings is 1. The fraction of sp³-hybridized carbons (Fsp3) is 0.545. The molecule has 0 aromatic heterocycles. The van der Waals surface area contributed by atoms with Crippen molar-refractivity contribution in [3.8, 4) is 17.2 Å². The van der Waals surface area contributed by atoms with Gasteiger partial charge in [0.2, 0.25) is 5.75 Å². The normalized spacial score (nSPS) is 11.7. The van der Waals surface area contributed by atoms with Crippen LogP contribution in [0.25, 0.3) is 6.08 Å². The van der Waals surface area contributed by atoms with Crippen LogP contribution in [0.5, 0.6) is 17.2 Å². The van der Waals surface area contributed by atoms with Gasteiger partial charge in [0, 0.05) is 13.1 Å². The van der Waals surface area contributed by atoms with Gasteiger partial charge in [-0.05, 0) is 77.9 Å². The number of ether oxygens (including phenoxy) is 2. The average Bonchev–Trinajstić information content (AvgIpc) is 2.70. The number of methoxy groups -OCH3 is 2. The molecule has 31 heavy (non-hydrogen) atoms. The van der Waals surface area contributed by atoms with Crippen LogP contribution in [0.3, 0.4) is 0 Å². The van der Waals surface area contributed by atoms with Crippen molar-refractivity contribution in [3.63, 3.8) is 0 Å². The topological polar surface area (TPSA) is 109 Å². The van der Waals surface area contributed by atoms with Crippen LogP contribution in [-0.4, -0.2) is 100 Å². The van der Waals surface area contributed by atoms with E-state index in [0.717, 1.165) is 25.9 Å². The van der Waals surface area contributed by atoms with Crippen LogP contribution in [0.15, 0.2) is 17.7 Å². The summed E-state index contributed by atoms with van der Waals surface area (Å²) in [5.74, 6) is -1.08. The second kappa shape index (κ2) is 12.8. The number of aromatic hydroxyl groups is 1. The molecule has 3 N–H and O–H groups in total. The van der Waals surface area contributed by atoms with Gasteiger partial charge in [-0.3, -0.25) is 9.59 Å². The summed E-state index contributed by atoms with van der Waals surface area (Å²) in [5, 5.41) is 10.1. The smallest absolute Gasteiger partial charge is 0.259 e. The molecule has 9 nitrogen and oxygen atoms in total. The summed E-state index contributed by atoms with van der Waals surface area (Å²) in [4.78, 5) is 31.2. The predicted octanol–water partition coefficient (Wildman–Crippen LogP) is 1.01. The summed E-state index contributed by atoms with van der Waals surface area (Å²) in [6, 6.07) is 3.02. The maximum atomic E-state index is 13.2. The number of amides is 2. The van der Waals surface area contributed by atoms with E-state index >= 15 is 0 Å². The minimum atomic E-state index is -0.818. The molecular weight excluding hydrogens is 400 g/mol. The van der Waals surface area contributed by atoms with Crippen molar-refractivity contribution in [1.82, 2.24) is 14.7 Å². The molecule has 0 radical (unpaired) electrons. The molecule has 0 aliphatic heterocycles. The first-order valence-corrected chi connectivity index (χ1v) is 10.2. The molecule has 0 aliphatic carbocycles. The maximum absolute atomic E-state index is 13.2. The van der Waals surface area contributed by atoms with E-state index in [0.29, 0.717) is 18.7 Å². The molecular formula is C22H36N4O5. The highest BCUT2D eigenvalue weighted by Gasteiger charge is 2.23. The van der Waals surface area contributed by atoms with E-state index in [1.54, 1.807) is 4.90 Å². The summed E-state index contributed by atoms with van der Waals surface area (Å²) in [6.45, 7) is 2.66. The van der Waals surface area contributed by atoms with Gasteiger partial charge in [-0.15, -0.1) is 0 Å². The van der Waals surface area contributed by atoms with E-state index in [2.05, 4.69) is 0 Å². The van der Waals surface area contributed by atoms with Crippen LogP contribution in [0.1, 0.15) is 18.4 Å². The molecule has 0 saturated carbocycles. The average molecular weight is 437 g/mol. The highest BCUT2D eigenvalue weighted by molar-refractivity contribution is 6.21. The van der Waals surface area contributed by atoms with Crippen molar-refractivity contribution in [2.75, 3.05) is 68.6 Å². The van der Waals surface area contributed by atoms with Crippen LogP contribution in [-0.2, 0) is 9.59 Å². The maximum Gasteiger partial charge on any atom is 0.259 e. The number of nitrogens with zero attached hydrogens (tertiary/aromatic N) is 3. The first-order chi connectivity index (χ1) is 14.6. The summed E-state index contributed by atoms with van der Waals surface area (Å²) in [5.41, 5.74) is 5.88. The van der Waals surface area contributed by atoms with E-state index in [4.69, 9.17) is 15.2 Å². The SMILES string of the molecule is COc1cc(C=C(C(N)=O)C(=O)N(CCCN(C)C)CCCN(C)C)cc(OC)c1O. The molecule has 2 amide bonds. The zero-order valence-electron chi connectivity index (χ0n) is 19.5. The van der Waals surface area contributed by atoms with E-state index in [1.165, 1.54) is 32.4 Å². The highest BCUT2D eigenvalue weighted by Crippen LogP contribution is 2.37. The number of hydrogen-bond donors (Lipinski definition) is 2. The van der Waals surface area contributed by atoms with Crippen LogP contribution in [0, 0.1) is 0 Å². The standard InChI is InChI=1S/C22H36N4O5/c1-24(2)9-7-11-26(12-8-10-25(3)4)22(29)17(21(23)28)13-16-14-18(30-5)20(27)19(15-16)31-6/h13-15,27H,7-12H2,1-6H3,(H2,23,28). The minimum Gasteiger partial charge on any atom is -0.502 e. The van der Waals surface area contributed by atoms with Crippen molar-refractivity contribution < 1.29 is 24.2 Å². The lowest BCUT2D eigenvalue weighted by Crippen LogP contribution is -2.39. The van der Waals surface area contributed by atoms with Crippen LogP contribution in [0.4, 0.5) is 0 Å². The third kappa shape index (κ3) is 8.47. The summed E-state index contributed by atoms with van der Waals surface area (Å²) >= 11 is 0. The number of carbonyl (C=O) groups excluding carboxylic acids is 2. The van der Waals surface area contributed by atoms with Gasteiger partial charge in [-0.1, -0.05) is 0 Å². The van der Waals surface area contributed by atoms with Crippen LogP contribution >= 0.6 is 0 Å². The van der Waals surface area contributed by atoms with Gasteiger partial charge in [0.05, 0.1) is 14.2 Å². The molecule has 0 saturated heterocycles. The van der Waals surface area contributed by atoms with Gasteiger partial charge in [0.25, 0.3) is 11.8 Å². The van der Waals surface area contributed by atoms with Crippen LogP contribution < -0.4 is 15.2 Å². The molecule has 0 bridgehead atoms. The Morgan fingerprint density at radius 1 is 0.935 bits per heavy atom. The number of carbonyl (C=O) groups is 2. The molecule has 0 fully saturated rings. The molecule has 1 aromatic carbocycles. The lowest BCUT2D eigenvalue weighted by molar-refractivity contribution is -0.129. The van der Waals surface area contributed by atoms with Crippen molar-refractivity contribution in [3.05, 3.63) is 23.3 Å². The third-order valence-corrected chi connectivity index (χ3v) is 4.66. The molecule has 0 unspecified atom stereocenters. The number of hydrogen-bond acceptors (Lipinski definition) is 7. The van der Waals surface area contributed by atoms with Gasteiger partial charge in [0.1, 0.15) is 5.57 Å². The zero-order valence-corrected chi connectivity index (χ0v) is 19.5. The first kappa shape index (κ1) is 26.3. The van der Waals surface area contributed by atoms with E-state index in [9.17, 15) is 14.7 Å². The number of primary amides is 1. The highest BCUT2D eigenvalue weighted by atomic mass is 16.5. The largest absolute Gasteiger partial charge is 0.502 e. The molecule has 0 atom stereocenters. The Balaban J connectivity index is 3.22. The Bertz CT molecular complexity index is 738. The number of phenols is 1. The molecule has 0 heterocycles. The molecule has 9 heteroatoms. The summed E-state index contributed by atoms with van der Waals surface area (Å²) in [7, 11) is 10.7. The van der Waals surface area contributed by atoms with Gasteiger partial charge < -0.3 is 35.0 Å². The summed E-state index contributed by atoms with van der Waals surface area (Å²) in [6.07, 6.45) is 2.95. The lowest BCUT2D eigenvalue weighted by atomic mass is 10.1.